The van der Waals surface area contributed by atoms with Crippen LogP contribution in [0.3, 0.4) is 0 Å². The molecule has 0 fully saturated rings. The zero-order chi connectivity index (χ0) is 9.36. The molecule has 1 heterocycles. The van der Waals surface area contributed by atoms with Gasteiger partial charge in [0.2, 0.25) is 0 Å². The van der Waals surface area contributed by atoms with Gasteiger partial charge in [-0.05, 0) is 18.9 Å². The van der Waals surface area contributed by atoms with E-state index < -0.39 is 0 Å². The predicted molar refractivity (Wildman–Crippen MR) is 54.9 cm³/mol. The van der Waals surface area contributed by atoms with Crippen LogP contribution in [0, 0.1) is 0 Å². The maximum absolute atomic E-state index is 5.57. The number of aryl methyl sites for hydroxylation is 1. The van der Waals surface area contributed by atoms with Gasteiger partial charge >= 0.3 is 0 Å². The van der Waals surface area contributed by atoms with E-state index in [-0.39, 0.29) is 0 Å². The molecular formula is C10H15ClN2. The fourth-order valence-electron chi connectivity index (χ4n) is 1.19. The highest BCUT2D eigenvalue weighted by molar-refractivity contribution is 6.17. The summed E-state index contributed by atoms with van der Waals surface area (Å²) in [6, 6.07) is 1.84. The maximum Gasteiger partial charge on any atom is 0.128 e. The van der Waals surface area contributed by atoms with E-state index in [4.69, 9.17) is 11.6 Å². The fraction of sp³-hybridized carbons (Fsp3) is 0.600. The number of halogens is 1. The normalized spacial score (nSPS) is 10.2. The van der Waals surface area contributed by atoms with Gasteiger partial charge in [-0.1, -0.05) is 12.8 Å². The Balaban J connectivity index is 2.07. The fourth-order valence-corrected chi connectivity index (χ4v) is 1.38. The Morgan fingerprint density at radius 1 is 1.00 bits per heavy atom. The summed E-state index contributed by atoms with van der Waals surface area (Å²) in [5, 5.41) is 0. The summed E-state index contributed by atoms with van der Waals surface area (Å²) < 4.78 is 0. The first kappa shape index (κ1) is 10.5. The van der Waals surface area contributed by atoms with Crippen LogP contribution < -0.4 is 0 Å². The lowest BCUT2D eigenvalue weighted by atomic mass is 10.1. The lowest BCUT2D eigenvalue weighted by molar-refractivity contribution is 0.654. The molecule has 0 saturated heterocycles. The van der Waals surface area contributed by atoms with Gasteiger partial charge in [0.05, 0.1) is 0 Å². The van der Waals surface area contributed by atoms with Gasteiger partial charge < -0.3 is 0 Å². The van der Waals surface area contributed by atoms with Crippen LogP contribution in [-0.2, 0) is 6.42 Å². The summed E-state index contributed by atoms with van der Waals surface area (Å²) in [6.45, 7) is 0. The van der Waals surface area contributed by atoms with Crippen LogP contribution in [0.1, 0.15) is 31.5 Å². The molecule has 0 amide bonds. The van der Waals surface area contributed by atoms with Crippen LogP contribution in [0.4, 0.5) is 0 Å². The van der Waals surface area contributed by atoms with Crippen LogP contribution in [0.15, 0.2) is 18.5 Å². The lowest BCUT2D eigenvalue weighted by Gasteiger charge is -1.98. The number of unbranched alkanes of at least 4 members (excludes halogenated alkanes) is 3. The molecule has 13 heavy (non-hydrogen) atoms. The first-order chi connectivity index (χ1) is 6.43. The molecule has 0 aliphatic carbocycles. The highest BCUT2D eigenvalue weighted by atomic mass is 35.5. The number of hydrogen-bond acceptors (Lipinski definition) is 2. The van der Waals surface area contributed by atoms with Crippen LogP contribution in [0.5, 0.6) is 0 Å². The van der Waals surface area contributed by atoms with E-state index in [1.54, 1.807) is 12.4 Å². The van der Waals surface area contributed by atoms with Crippen LogP contribution in [0.25, 0.3) is 0 Å². The number of nitrogens with zero attached hydrogens (tertiary/aromatic N) is 2. The van der Waals surface area contributed by atoms with Gasteiger partial charge in [0, 0.05) is 24.7 Å². The average Bonchev–Trinajstić information content (AvgIpc) is 2.19. The molecule has 0 bridgehead atoms. The molecule has 1 aromatic heterocycles. The summed E-state index contributed by atoms with van der Waals surface area (Å²) in [5.74, 6) is 1.73. The van der Waals surface area contributed by atoms with E-state index >= 15 is 0 Å². The van der Waals surface area contributed by atoms with Gasteiger partial charge in [0.1, 0.15) is 5.82 Å². The van der Waals surface area contributed by atoms with Crippen molar-refractivity contribution in [2.75, 3.05) is 5.88 Å². The van der Waals surface area contributed by atoms with Gasteiger partial charge in [0.15, 0.2) is 0 Å². The van der Waals surface area contributed by atoms with Crippen molar-refractivity contribution in [3.63, 3.8) is 0 Å². The molecular weight excluding hydrogens is 184 g/mol. The molecule has 0 radical (unpaired) electrons. The van der Waals surface area contributed by atoms with E-state index in [1.807, 2.05) is 6.07 Å². The average molecular weight is 199 g/mol. The second-order valence-corrected chi connectivity index (χ2v) is 3.40. The lowest BCUT2D eigenvalue weighted by Crippen LogP contribution is -1.93. The molecule has 0 spiro atoms. The first-order valence-electron chi connectivity index (χ1n) is 4.75. The van der Waals surface area contributed by atoms with E-state index in [0.717, 1.165) is 24.5 Å². The molecule has 2 nitrogen and oxygen atoms in total. The maximum atomic E-state index is 5.57. The van der Waals surface area contributed by atoms with Gasteiger partial charge in [-0.15, -0.1) is 11.6 Å². The molecule has 3 heteroatoms. The Hall–Kier alpha value is -0.630. The third-order valence-corrected chi connectivity index (χ3v) is 2.17. The summed E-state index contributed by atoms with van der Waals surface area (Å²) >= 11 is 5.57. The molecule has 0 aromatic carbocycles. The topological polar surface area (TPSA) is 25.8 Å². The van der Waals surface area contributed by atoms with Crippen molar-refractivity contribution in [1.82, 2.24) is 9.97 Å². The minimum atomic E-state index is 0.780. The van der Waals surface area contributed by atoms with Gasteiger partial charge in [-0.25, -0.2) is 9.97 Å². The molecule has 1 aromatic rings. The standard InChI is InChI=1S/C10H15ClN2/c11-7-4-2-1-3-6-10-12-8-5-9-13-10/h5,8-9H,1-4,6-7H2. The van der Waals surface area contributed by atoms with Crippen LogP contribution >= 0.6 is 11.6 Å². The van der Waals surface area contributed by atoms with Crippen molar-refractivity contribution in [2.24, 2.45) is 0 Å². The predicted octanol–water partition coefficient (Wildman–Crippen LogP) is 2.82. The third kappa shape index (κ3) is 4.83. The van der Waals surface area contributed by atoms with Gasteiger partial charge in [-0.3, -0.25) is 0 Å². The van der Waals surface area contributed by atoms with Gasteiger partial charge in [0.25, 0.3) is 0 Å². The highest BCUT2D eigenvalue weighted by Gasteiger charge is 1.94. The molecule has 0 aliphatic rings. The minimum Gasteiger partial charge on any atom is -0.241 e. The van der Waals surface area contributed by atoms with Crippen molar-refractivity contribution in [2.45, 2.75) is 32.1 Å². The highest BCUT2D eigenvalue weighted by Crippen LogP contribution is 2.04. The van der Waals surface area contributed by atoms with Crippen LogP contribution in [0.2, 0.25) is 0 Å². The minimum absolute atomic E-state index is 0.780. The summed E-state index contributed by atoms with van der Waals surface area (Å²) in [4.78, 5) is 8.32. The second kappa shape index (κ2) is 6.84. The van der Waals surface area contributed by atoms with E-state index in [9.17, 15) is 0 Å². The molecule has 1 rings (SSSR count). The van der Waals surface area contributed by atoms with E-state index in [0.29, 0.717) is 0 Å². The van der Waals surface area contributed by atoms with Crippen molar-refractivity contribution in [3.8, 4) is 0 Å². The second-order valence-electron chi connectivity index (χ2n) is 3.02. The SMILES string of the molecule is ClCCCCCCc1ncccn1. The first-order valence-corrected chi connectivity index (χ1v) is 5.29. The number of hydrogen-bond donors (Lipinski definition) is 0. The van der Waals surface area contributed by atoms with Crippen LogP contribution in [-0.4, -0.2) is 15.8 Å². The summed E-state index contributed by atoms with van der Waals surface area (Å²) in [7, 11) is 0. The monoisotopic (exact) mass is 198 g/mol. The number of aromatic nitrogens is 2. The zero-order valence-electron chi connectivity index (χ0n) is 7.75. The number of rotatable bonds is 6. The smallest absolute Gasteiger partial charge is 0.128 e. The molecule has 0 atom stereocenters. The zero-order valence-corrected chi connectivity index (χ0v) is 8.50. The van der Waals surface area contributed by atoms with Crippen molar-refractivity contribution >= 4 is 11.6 Å². The molecule has 0 aliphatic heterocycles. The Kier molecular flexibility index (Phi) is 5.50. The Bertz CT molecular complexity index is 213. The third-order valence-electron chi connectivity index (χ3n) is 1.90. The summed E-state index contributed by atoms with van der Waals surface area (Å²) in [5.41, 5.74) is 0. The van der Waals surface area contributed by atoms with Crippen molar-refractivity contribution in [1.29, 1.82) is 0 Å². The molecule has 72 valence electrons. The quantitative estimate of drug-likeness (QED) is 0.519. The number of alkyl halides is 1. The Morgan fingerprint density at radius 3 is 2.38 bits per heavy atom. The summed E-state index contributed by atoms with van der Waals surface area (Å²) in [6.07, 6.45) is 9.31. The van der Waals surface area contributed by atoms with Gasteiger partial charge in [-0.2, -0.15) is 0 Å². The van der Waals surface area contributed by atoms with Crippen molar-refractivity contribution < 1.29 is 0 Å². The van der Waals surface area contributed by atoms with E-state index in [1.165, 1.54) is 19.3 Å². The van der Waals surface area contributed by atoms with Crippen molar-refractivity contribution in [3.05, 3.63) is 24.3 Å². The van der Waals surface area contributed by atoms with E-state index in [2.05, 4.69) is 9.97 Å². The Labute approximate surface area is 84.4 Å². The largest absolute Gasteiger partial charge is 0.241 e. The molecule has 0 N–H and O–H groups in total. The molecule has 0 saturated carbocycles. The molecule has 0 unspecified atom stereocenters. The Morgan fingerprint density at radius 2 is 1.69 bits per heavy atom.